The van der Waals surface area contributed by atoms with Gasteiger partial charge in [0.25, 0.3) is 0 Å². The molecule has 0 fully saturated rings. The van der Waals surface area contributed by atoms with E-state index in [4.69, 9.17) is 16.6 Å². The summed E-state index contributed by atoms with van der Waals surface area (Å²) in [5.74, 6) is 0. The van der Waals surface area contributed by atoms with Crippen LogP contribution in [0.25, 0.3) is 0 Å². The quantitative estimate of drug-likeness (QED) is 0.860. The van der Waals surface area contributed by atoms with Crippen LogP contribution in [0.3, 0.4) is 0 Å². The maximum atomic E-state index is 6.39. The number of nitrogens with zero attached hydrogens (tertiary/aromatic N) is 1. The van der Waals surface area contributed by atoms with E-state index in [0.29, 0.717) is 0 Å². The van der Waals surface area contributed by atoms with E-state index < -0.39 is 0 Å². The molecule has 1 aromatic carbocycles. The van der Waals surface area contributed by atoms with Crippen LogP contribution < -0.4 is 5.32 Å². The zero-order valence-electron chi connectivity index (χ0n) is 13.3. The zero-order chi connectivity index (χ0) is 15.6. The summed E-state index contributed by atoms with van der Waals surface area (Å²) >= 11 is 8.12. The van der Waals surface area contributed by atoms with Crippen molar-refractivity contribution in [3.05, 3.63) is 50.4 Å². The van der Waals surface area contributed by atoms with Crippen molar-refractivity contribution in [1.82, 2.24) is 10.3 Å². The van der Waals surface area contributed by atoms with Gasteiger partial charge in [-0.1, -0.05) is 44.5 Å². The summed E-state index contributed by atoms with van der Waals surface area (Å²) in [7, 11) is 1.94. The molecule has 0 radical (unpaired) electrons. The first-order valence-electron chi connectivity index (χ1n) is 7.21. The van der Waals surface area contributed by atoms with Crippen LogP contribution in [-0.4, -0.2) is 12.0 Å². The second-order valence-corrected chi connectivity index (χ2v) is 7.77. The van der Waals surface area contributed by atoms with Gasteiger partial charge < -0.3 is 5.32 Å². The molecule has 1 aromatic heterocycles. The molecule has 0 aliphatic carbocycles. The average molecular weight is 323 g/mol. The van der Waals surface area contributed by atoms with Crippen LogP contribution in [0.1, 0.15) is 55.6 Å². The number of halogens is 1. The Balaban J connectivity index is 2.17. The van der Waals surface area contributed by atoms with Crippen LogP contribution in [0.15, 0.2) is 23.6 Å². The third-order valence-electron chi connectivity index (χ3n) is 3.64. The molecule has 21 heavy (non-hydrogen) atoms. The van der Waals surface area contributed by atoms with Gasteiger partial charge in [-0.05, 0) is 31.2 Å². The van der Waals surface area contributed by atoms with E-state index in [-0.39, 0.29) is 11.5 Å². The first-order chi connectivity index (χ1) is 9.81. The Morgan fingerprint density at radius 2 is 2.05 bits per heavy atom. The Labute approximate surface area is 136 Å². The van der Waals surface area contributed by atoms with E-state index in [1.807, 2.05) is 7.05 Å². The molecule has 1 N–H and O–H groups in total. The molecular weight excluding hydrogens is 300 g/mol. The van der Waals surface area contributed by atoms with E-state index in [2.05, 4.69) is 56.6 Å². The number of benzene rings is 1. The molecule has 114 valence electrons. The topological polar surface area (TPSA) is 24.9 Å². The van der Waals surface area contributed by atoms with Gasteiger partial charge in [-0.15, -0.1) is 11.3 Å². The lowest BCUT2D eigenvalue weighted by Crippen LogP contribution is -2.12. The summed E-state index contributed by atoms with van der Waals surface area (Å²) in [5.41, 5.74) is 3.62. The zero-order valence-corrected chi connectivity index (χ0v) is 14.9. The maximum Gasteiger partial charge on any atom is 0.0972 e. The number of nitrogens with one attached hydrogen (secondary N) is 1. The number of hydrogen-bond donors (Lipinski definition) is 1. The van der Waals surface area contributed by atoms with Crippen LogP contribution >= 0.6 is 22.9 Å². The molecule has 2 nitrogen and oxygen atoms in total. The summed E-state index contributed by atoms with van der Waals surface area (Å²) < 4.78 is 0. The molecule has 0 amide bonds. The Bertz CT molecular complexity index is 613. The van der Waals surface area contributed by atoms with Gasteiger partial charge in [0, 0.05) is 28.3 Å². The van der Waals surface area contributed by atoms with Crippen molar-refractivity contribution in [2.75, 3.05) is 7.05 Å². The minimum absolute atomic E-state index is 0.110. The van der Waals surface area contributed by atoms with Crippen molar-refractivity contribution < 1.29 is 0 Å². The number of rotatable bonds is 4. The molecule has 0 saturated heterocycles. The van der Waals surface area contributed by atoms with Gasteiger partial charge in [-0.25, -0.2) is 4.98 Å². The fourth-order valence-corrected chi connectivity index (χ4v) is 3.52. The predicted molar refractivity (Wildman–Crippen MR) is 92.5 cm³/mol. The van der Waals surface area contributed by atoms with Crippen molar-refractivity contribution in [3.8, 4) is 0 Å². The van der Waals surface area contributed by atoms with Gasteiger partial charge in [0.15, 0.2) is 0 Å². The van der Waals surface area contributed by atoms with Crippen molar-refractivity contribution in [2.45, 2.75) is 45.6 Å². The standard InChI is InChI=1S/C17H23ClN2S/c1-11(19-5)13-7-6-12(8-14(13)18)9-16-20-15(10-21-16)17(2,3)4/h6-8,10-11,19H,9H2,1-5H3. The first-order valence-corrected chi connectivity index (χ1v) is 8.47. The van der Waals surface area contributed by atoms with Crippen LogP contribution in [0.2, 0.25) is 5.02 Å². The van der Waals surface area contributed by atoms with E-state index >= 15 is 0 Å². The lowest BCUT2D eigenvalue weighted by atomic mass is 9.93. The fraction of sp³-hybridized carbons (Fsp3) is 0.471. The van der Waals surface area contributed by atoms with Gasteiger partial charge in [0.05, 0.1) is 10.7 Å². The van der Waals surface area contributed by atoms with E-state index in [9.17, 15) is 0 Å². The highest BCUT2D eigenvalue weighted by molar-refractivity contribution is 7.09. The molecule has 1 unspecified atom stereocenters. The second kappa shape index (κ2) is 6.47. The van der Waals surface area contributed by atoms with Gasteiger partial charge >= 0.3 is 0 Å². The Morgan fingerprint density at radius 1 is 1.33 bits per heavy atom. The third-order valence-corrected chi connectivity index (χ3v) is 4.82. The molecule has 0 spiro atoms. The van der Waals surface area contributed by atoms with Crippen molar-refractivity contribution >= 4 is 22.9 Å². The Morgan fingerprint density at radius 3 is 2.57 bits per heavy atom. The molecule has 2 aromatic rings. The van der Waals surface area contributed by atoms with Gasteiger partial charge in [-0.3, -0.25) is 0 Å². The molecule has 1 heterocycles. The third kappa shape index (κ3) is 4.06. The van der Waals surface area contributed by atoms with E-state index in [1.54, 1.807) is 11.3 Å². The number of hydrogen-bond acceptors (Lipinski definition) is 3. The SMILES string of the molecule is CNC(C)c1ccc(Cc2nc(C(C)(C)C)cs2)cc1Cl. The molecule has 0 aliphatic rings. The molecule has 4 heteroatoms. The first kappa shape index (κ1) is 16.5. The summed E-state index contributed by atoms with van der Waals surface area (Å²) in [5, 5.41) is 7.34. The van der Waals surface area contributed by atoms with E-state index in [1.165, 1.54) is 5.56 Å². The average Bonchev–Trinajstić information content (AvgIpc) is 2.86. The van der Waals surface area contributed by atoms with Crippen LogP contribution in [0.4, 0.5) is 0 Å². The Hall–Kier alpha value is -0.900. The predicted octanol–water partition coefficient (Wildman–Crippen LogP) is 4.97. The smallest absolute Gasteiger partial charge is 0.0972 e. The van der Waals surface area contributed by atoms with E-state index in [0.717, 1.165) is 27.7 Å². The summed E-state index contributed by atoms with van der Waals surface area (Å²) in [6.07, 6.45) is 0.842. The van der Waals surface area contributed by atoms with Gasteiger partial charge in [0.1, 0.15) is 0 Å². The number of aromatic nitrogens is 1. The van der Waals surface area contributed by atoms with Crippen LogP contribution in [0, 0.1) is 0 Å². The number of thiazole rings is 1. The highest BCUT2D eigenvalue weighted by atomic mass is 35.5. The van der Waals surface area contributed by atoms with Gasteiger partial charge in [-0.2, -0.15) is 0 Å². The maximum absolute atomic E-state index is 6.39. The molecule has 2 rings (SSSR count). The second-order valence-electron chi connectivity index (χ2n) is 6.42. The largest absolute Gasteiger partial charge is 0.313 e. The summed E-state index contributed by atoms with van der Waals surface area (Å²) in [4.78, 5) is 4.74. The minimum atomic E-state index is 0.110. The lowest BCUT2D eigenvalue weighted by Gasteiger charge is -2.14. The van der Waals surface area contributed by atoms with Crippen molar-refractivity contribution in [3.63, 3.8) is 0 Å². The van der Waals surface area contributed by atoms with Crippen LogP contribution in [-0.2, 0) is 11.8 Å². The minimum Gasteiger partial charge on any atom is -0.313 e. The highest BCUT2D eigenvalue weighted by Gasteiger charge is 2.17. The Kier molecular flexibility index (Phi) is 5.07. The highest BCUT2D eigenvalue weighted by Crippen LogP contribution is 2.27. The summed E-state index contributed by atoms with van der Waals surface area (Å²) in [6.45, 7) is 8.68. The molecule has 0 aliphatic heterocycles. The monoisotopic (exact) mass is 322 g/mol. The van der Waals surface area contributed by atoms with Crippen LogP contribution in [0.5, 0.6) is 0 Å². The lowest BCUT2D eigenvalue weighted by molar-refractivity contribution is 0.571. The molecule has 0 saturated carbocycles. The van der Waals surface area contributed by atoms with Crippen molar-refractivity contribution in [2.24, 2.45) is 0 Å². The van der Waals surface area contributed by atoms with Gasteiger partial charge in [0.2, 0.25) is 0 Å². The molecule has 0 bridgehead atoms. The molecular formula is C17H23ClN2S. The molecule has 1 atom stereocenters. The summed E-state index contributed by atoms with van der Waals surface area (Å²) in [6, 6.07) is 6.58. The fourth-order valence-electron chi connectivity index (χ4n) is 2.10. The normalized spacial score (nSPS) is 13.4. The van der Waals surface area contributed by atoms with Crippen molar-refractivity contribution in [1.29, 1.82) is 0 Å².